The van der Waals surface area contributed by atoms with Crippen molar-refractivity contribution in [1.82, 2.24) is 10.2 Å². The van der Waals surface area contributed by atoms with E-state index in [2.05, 4.69) is 58.3 Å². The first-order chi connectivity index (χ1) is 22.3. The molecule has 270 valence electrons. The molecule has 0 aromatic rings. The molecule has 1 saturated heterocycles. The Morgan fingerprint density at radius 2 is 1.54 bits per heavy atom. The number of fused-ring (bicyclic) bond motifs is 7. The van der Waals surface area contributed by atoms with Crippen LogP contribution in [0.5, 0.6) is 0 Å². The number of allylic oxidation sites excluding steroid dienone is 1. The Morgan fingerprint density at radius 1 is 0.854 bits per heavy atom. The standard InChI is InChI=1S/C41H66N2O5/c1-26(2)27-15-20-41(42-35(47)43-23-11-10-12-24-43)22-21-39(8)28(33(27)41)13-14-30-38(7)18-17-31(48-32(44)25-36(3,4)34(45)46)37(5,6)29(38)16-19-40(30,39)9/h27-31,33H,1,10-25H2,2-9H3,(H,42,47)(H,45,46)/t27-,28+,29-,30+,31-,33+,38-,39+,40+,41-/m0/s1. The third-order valence-corrected chi connectivity index (χ3v) is 16.4. The lowest BCUT2D eigenvalue weighted by Crippen LogP contribution is -2.69. The van der Waals surface area contributed by atoms with Crippen molar-refractivity contribution in [3.63, 3.8) is 0 Å². The van der Waals surface area contributed by atoms with Gasteiger partial charge in [0.05, 0.1) is 11.8 Å². The van der Waals surface area contributed by atoms with Gasteiger partial charge in [-0.15, -0.1) is 0 Å². The summed E-state index contributed by atoms with van der Waals surface area (Å²) in [7, 11) is 0. The number of carboxylic acid groups (broad SMARTS) is 1. The van der Waals surface area contributed by atoms with Gasteiger partial charge in [-0.05, 0) is 150 Å². The highest BCUT2D eigenvalue weighted by Crippen LogP contribution is 2.76. The number of carboxylic acids is 1. The van der Waals surface area contributed by atoms with E-state index >= 15 is 0 Å². The van der Waals surface area contributed by atoms with Gasteiger partial charge in [-0.2, -0.15) is 0 Å². The molecular formula is C41H66N2O5. The smallest absolute Gasteiger partial charge is 0.317 e. The number of aliphatic carboxylic acids is 1. The van der Waals surface area contributed by atoms with Gasteiger partial charge in [0.1, 0.15) is 6.10 Å². The molecule has 0 spiro atoms. The van der Waals surface area contributed by atoms with Crippen LogP contribution in [-0.4, -0.2) is 52.7 Å². The zero-order chi connectivity index (χ0) is 35.1. The van der Waals surface area contributed by atoms with Gasteiger partial charge in [0.15, 0.2) is 0 Å². The average molecular weight is 667 g/mol. The Labute approximate surface area is 290 Å². The molecule has 6 fully saturated rings. The van der Waals surface area contributed by atoms with E-state index in [0.717, 1.165) is 70.9 Å². The molecule has 7 nitrogen and oxygen atoms in total. The van der Waals surface area contributed by atoms with E-state index in [9.17, 15) is 19.5 Å². The summed E-state index contributed by atoms with van der Waals surface area (Å²) in [5.41, 5.74) is 0.357. The summed E-state index contributed by atoms with van der Waals surface area (Å²) in [6.07, 6.45) is 14.2. The lowest BCUT2D eigenvalue weighted by Gasteiger charge is -2.73. The molecule has 5 saturated carbocycles. The van der Waals surface area contributed by atoms with Crippen LogP contribution in [0.3, 0.4) is 0 Å². The van der Waals surface area contributed by atoms with Crippen LogP contribution in [-0.2, 0) is 14.3 Å². The van der Waals surface area contributed by atoms with E-state index in [1.807, 2.05) is 0 Å². The zero-order valence-corrected chi connectivity index (χ0v) is 31.5. The highest BCUT2D eigenvalue weighted by atomic mass is 16.5. The number of ether oxygens (including phenoxy) is 1. The monoisotopic (exact) mass is 666 g/mol. The molecule has 0 aromatic carbocycles. The first-order valence-electron chi connectivity index (χ1n) is 19.5. The number of nitrogens with zero attached hydrogens (tertiary/aromatic N) is 1. The molecule has 0 aromatic heterocycles. The van der Waals surface area contributed by atoms with E-state index in [0.29, 0.717) is 29.6 Å². The van der Waals surface area contributed by atoms with Gasteiger partial charge >= 0.3 is 18.0 Å². The Kier molecular flexibility index (Phi) is 8.96. The quantitative estimate of drug-likeness (QED) is 0.218. The van der Waals surface area contributed by atoms with Gasteiger partial charge in [0.25, 0.3) is 0 Å². The molecule has 5 aliphatic carbocycles. The van der Waals surface area contributed by atoms with E-state index < -0.39 is 11.4 Å². The molecular weight excluding hydrogens is 600 g/mol. The summed E-state index contributed by atoms with van der Waals surface area (Å²) in [6.45, 7) is 24.2. The van der Waals surface area contributed by atoms with E-state index in [-0.39, 0.29) is 51.7 Å². The number of urea groups is 1. The minimum Gasteiger partial charge on any atom is -0.481 e. The summed E-state index contributed by atoms with van der Waals surface area (Å²) < 4.78 is 6.17. The molecule has 0 unspecified atom stereocenters. The fraction of sp³-hybridized carbons (Fsp3) is 0.878. The van der Waals surface area contributed by atoms with Crippen molar-refractivity contribution in [3.8, 4) is 0 Å². The third-order valence-electron chi connectivity index (χ3n) is 16.4. The minimum absolute atomic E-state index is 0.108. The second-order valence-electron chi connectivity index (χ2n) is 19.5. The second-order valence-corrected chi connectivity index (χ2v) is 19.5. The third kappa shape index (κ3) is 5.36. The SMILES string of the molecule is C=C(C)[C@@H]1CC[C@]2(NC(=O)N3CCCCC3)CC[C@]3(C)[C@H](CC[C@@H]4[C@@]5(C)CC[C@H](OC(=O)CC(C)(C)C(=O)O)C(C)(C)[C@@H]5CC[C@]43C)[C@@H]12. The lowest BCUT2D eigenvalue weighted by molar-refractivity contribution is -0.246. The van der Waals surface area contributed by atoms with Gasteiger partial charge in [-0.25, -0.2) is 4.79 Å². The molecule has 48 heavy (non-hydrogen) atoms. The molecule has 0 radical (unpaired) electrons. The van der Waals surface area contributed by atoms with Crippen molar-refractivity contribution in [2.75, 3.05) is 13.1 Å². The lowest BCUT2D eigenvalue weighted by atomic mass is 9.32. The van der Waals surface area contributed by atoms with E-state index in [4.69, 9.17) is 4.74 Å². The number of carbonyl (C=O) groups excluding carboxylic acids is 2. The number of rotatable bonds is 6. The van der Waals surface area contributed by atoms with Crippen molar-refractivity contribution in [1.29, 1.82) is 0 Å². The van der Waals surface area contributed by atoms with Crippen molar-refractivity contribution in [2.45, 2.75) is 157 Å². The van der Waals surface area contributed by atoms with Crippen LogP contribution in [0.25, 0.3) is 0 Å². The van der Waals surface area contributed by atoms with Crippen LogP contribution >= 0.6 is 0 Å². The molecule has 7 heteroatoms. The normalized spacial score (nSPS) is 43.5. The molecule has 0 bridgehead atoms. The number of amides is 2. The molecule has 10 atom stereocenters. The number of hydrogen-bond acceptors (Lipinski definition) is 4. The highest BCUT2D eigenvalue weighted by molar-refractivity contribution is 5.81. The highest BCUT2D eigenvalue weighted by Gasteiger charge is 2.71. The average Bonchev–Trinajstić information content (AvgIpc) is 3.39. The predicted molar refractivity (Wildman–Crippen MR) is 189 cm³/mol. The van der Waals surface area contributed by atoms with Crippen LogP contribution in [0, 0.1) is 56.7 Å². The van der Waals surface area contributed by atoms with Crippen molar-refractivity contribution < 1.29 is 24.2 Å². The zero-order valence-electron chi connectivity index (χ0n) is 31.5. The van der Waals surface area contributed by atoms with Crippen molar-refractivity contribution >= 4 is 18.0 Å². The molecule has 2 N–H and O–H groups in total. The molecule has 6 aliphatic rings. The summed E-state index contributed by atoms with van der Waals surface area (Å²) >= 11 is 0. The molecule has 6 rings (SSSR count). The van der Waals surface area contributed by atoms with Crippen molar-refractivity contribution in [3.05, 3.63) is 12.2 Å². The van der Waals surface area contributed by atoms with Gasteiger partial charge < -0.3 is 20.1 Å². The maximum absolute atomic E-state index is 13.8. The van der Waals surface area contributed by atoms with Crippen LogP contribution in [0.4, 0.5) is 4.79 Å². The van der Waals surface area contributed by atoms with Crippen molar-refractivity contribution in [2.24, 2.45) is 56.7 Å². The first-order valence-corrected chi connectivity index (χ1v) is 19.5. The largest absolute Gasteiger partial charge is 0.481 e. The van der Waals surface area contributed by atoms with E-state index in [1.165, 1.54) is 31.3 Å². The van der Waals surface area contributed by atoms with E-state index in [1.54, 1.807) is 13.8 Å². The maximum Gasteiger partial charge on any atom is 0.317 e. The van der Waals surface area contributed by atoms with Crippen LogP contribution < -0.4 is 5.32 Å². The fourth-order valence-electron chi connectivity index (χ4n) is 13.6. The van der Waals surface area contributed by atoms with Crippen LogP contribution in [0.1, 0.15) is 145 Å². The number of nitrogens with one attached hydrogen (secondary N) is 1. The van der Waals surface area contributed by atoms with Gasteiger partial charge in [0, 0.05) is 24.0 Å². The molecule has 1 heterocycles. The topological polar surface area (TPSA) is 95.9 Å². The number of hydrogen-bond donors (Lipinski definition) is 2. The minimum atomic E-state index is -1.14. The molecule has 1 aliphatic heterocycles. The van der Waals surface area contributed by atoms with Gasteiger partial charge in [0.2, 0.25) is 0 Å². The Balaban J connectivity index is 1.25. The number of carbonyl (C=O) groups is 3. The van der Waals surface area contributed by atoms with Gasteiger partial charge in [-0.1, -0.05) is 46.8 Å². The maximum atomic E-state index is 13.8. The predicted octanol–water partition coefficient (Wildman–Crippen LogP) is 9.00. The van der Waals surface area contributed by atoms with Gasteiger partial charge in [-0.3, -0.25) is 9.59 Å². The molecule has 2 amide bonds. The number of esters is 1. The number of piperidine rings is 1. The number of likely N-dealkylation sites (tertiary alicyclic amines) is 1. The Bertz CT molecular complexity index is 1320. The summed E-state index contributed by atoms with van der Waals surface area (Å²) in [6, 6.07) is 0.171. The summed E-state index contributed by atoms with van der Waals surface area (Å²) in [5, 5.41) is 13.3. The summed E-state index contributed by atoms with van der Waals surface area (Å²) in [4.78, 5) is 40.7. The Morgan fingerprint density at radius 3 is 2.19 bits per heavy atom. The fourth-order valence-corrected chi connectivity index (χ4v) is 13.6. The Hall–Kier alpha value is -2.05. The second kappa shape index (κ2) is 12.0. The van der Waals surface area contributed by atoms with Crippen LogP contribution in [0.15, 0.2) is 12.2 Å². The first kappa shape index (κ1) is 35.8. The van der Waals surface area contributed by atoms with Crippen LogP contribution in [0.2, 0.25) is 0 Å². The summed E-state index contributed by atoms with van der Waals surface area (Å²) in [5.74, 6) is 1.12.